The van der Waals surface area contributed by atoms with Crippen LogP contribution in [0, 0.1) is 0 Å². The Kier molecular flexibility index (Phi) is 3.42. The highest BCUT2D eigenvalue weighted by Gasteiger charge is 2.35. The molecule has 0 aliphatic carbocycles. The minimum Gasteiger partial charge on any atom is -0.384 e. The van der Waals surface area contributed by atoms with Crippen LogP contribution < -0.4 is 5.73 Å². The van der Waals surface area contributed by atoms with Crippen molar-refractivity contribution in [3.8, 4) is 11.3 Å². The Morgan fingerprint density at radius 3 is 2.53 bits per heavy atom. The molecule has 0 bridgehead atoms. The second-order valence-corrected chi connectivity index (χ2v) is 4.05. The number of nitrogens with two attached hydrogens (primary N) is 1. The number of nitrogen functional groups attached to an aromatic ring is 1. The Morgan fingerprint density at radius 1 is 1.16 bits per heavy atom. The molecule has 3 nitrogen and oxygen atoms in total. The molecule has 0 saturated heterocycles. The van der Waals surface area contributed by atoms with E-state index in [4.69, 9.17) is 5.73 Å². The first-order valence-corrected chi connectivity index (χ1v) is 5.71. The Hall–Kier alpha value is -2.11. The van der Waals surface area contributed by atoms with Gasteiger partial charge in [0.2, 0.25) is 5.82 Å². The van der Waals surface area contributed by atoms with E-state index in [9.17, 15) is 13.2 Å². The third-order valence-electron chi connectivity index (χ3n) is 2.63. The molecule has 1 aromatic heterocycles. The molecule has 0 aliphatic rings. The van der Waals surface area contributed by atoms with Crippen molar-refractivity contribution in [1.82, 2.24) is 9.97 Å². The largest absolute Gasteiger partial charge is 0.451 e. The first-order chi connectivity index (χ1) is 8.90. The molecule has 2 aromatic rings. The van der Waals surface area contributed by atoms with Gasteiger partial charge in [-0.05, 0) is 18.1 Å². The molecule has 1 heterocycles. The normalized spacial score (nSPS) is 11.6. The molecule has 1 aromatic carbocycles. The summed E-state index contributed by atoms with van der Waals surface area (Å²) in [6, 6.07) is 8.51. The summed E-state index contributed by atoms with van der Waals surface area (Å²) in [7, 11) is 0. The third-order valence-corrected chi connectivity index (χ3v) is 2.63. The lowest BCUT2D eigenvalue weighted by Gasteiger charge is -2.09. The summed E-state index contributed by atoms with van der Waals surface area (Å²) in [6.07, 6.45) is -3.81. The zero-order chi connectivity index (χ0) is 14.0. The fourth-order valence-electron chi connectivity index (χ4n) is 1.69. The lowest BCUT2D eigenvalue weighted by molar-refractivity contribution is -0.144. The van der Waals surface area contributed by atoms with Gasteiger partial charge in [-0.25, -0.2) is 9.97 Å². The fraction of sp³-hybridized carbons (Fsp3) is 0.231. The molecule has 6 heteroatoms. The summed E-state index contributed by atoms with van der Waals surface area (Å²) in [6.45, 7) is 1.97. The van der Waals surface area contributed by atoms with Gasteiger partial charge in [-0.3, -0.25) is 0 Å². The van der Waals surface area contributed by atoms with E-state index in [1.54, 1.807) is 18.2 Å². The number of aryl methyl sites for hydroxylation is 1. The van der Waals surface area contributed by atoms with E-state index in [1.165, 1.54) is 6.07 Å². The molecule has 2 rings (SSSR count). The van der Waals surface area contributed by atoms with Crippen molar-refractivity contribution in [1.29, 1.82) is 0 Å². The number of hydrogen-bond acceptors (Lipinski definition) is 3. The SMILES string of the molecule is CCc1cccc(-c2cc(N)nc(C(F)(F)F)n2)c1. The molecule has 0 unspecified atom stereocenters. The maximum atomic E-state index is 12.6. The predicted octanol–water partition coefficient (Wildman–Crippen LogP) is 3.31. The maximum absolute atomic E-state index is 12.6. The van der Waals surface area contributed by atoms with Crippen LogP contribution in [-0.4, -0.2) is 9.97 Å². The van der Waals surface area contributed by atoms with Crippen molar-refractivity contribution in [3.63, 3.8) is 0 Å². The Balaban J connectivity index is 2.53. The molecule has 100 valence electrons. The minimum atomic E-state index is -4.60. The van der Waals surface area contributed by atoms with Crippen molar-refractivity contribution in [2.75, 3.05) is 5.73 Å². The van der Waals surface area contributed by atoms with Crippen molar-refractivity contribution < 1.29 is 13.2 Å². The van der Waals surface area contributed by atoms with Gasteiger partial charge in [0.05, 0.1) is 5.69 Å². The lowest BCUT2D eigenvalue weighted by atomic mass is 10.1. The summed E-state index contributed by atoms with van der Waals surface area (Å²) in [4.78, 5) is 6.75. The molecule has 0 spiro atoms. The second-order valence-electron chi connectivity index (χ2n) is 4.05. The molecule has 0 aliphatic heterocycles. The highest BCUT2D eigenvalue weighted by atomic mass is 19.4. The van der Waals surface area contributed by atoms with Gasteiger partial charge in [-0.1, -0.05) is 25.1 Å². The molecule has 0 saturated carbocycles. The number of benzene rings is 1. The number of alkyl halides is 3. The molecule has 2 N–H and O–H groups in total. The minimum absolute atomic E-state index is 0.176. The van der Waals surface area contributed by atoms with E-state index in [0.29, 0.717) is 5.56 Å². The predicted molar refractivity (Wildman–Crippen MR) is 66.3 cm³/mol. The van der Waals surface area contributed by atoms with E-state index >= 15 is 0 Å². The van der Waals surface area contributed by atoms with Gasteiger partial charge in [0.1, 0.15) is 5.82 Å². The van der Waals surface area contributed by atoms with Gasteiger partial charge in [-0.2, -0.15) is 13.2 Å². The number of hydrogen-bond donors (Lipinski definition) is 1. The average molecular weight is 267 g/mol. The molecule has 19 heavy (non-hydrogen) atoms. The monoisotopic (exact) mass is 267 g/mol. The van der Waals surface area contributed by atoms with Gasteiger partial charge in [0.25, 0.3) is 0 Å². The molecular weight excluding hydrogens is 255 g/mol. The second kappa shape index (κ2) is 4.87. The summed E-state index contributed by atoms with van der Waals surface area (Å²) in [5.74, 6) is -1.41. The molecular formula is C13H12F3N3. The number of anilines is 1. The van der Waals surface area contributed by atoms with E-state index in [2.05, 4.69) is 9.97 Å². The first-order valence-electron chi connectivity index (χ1n) is 5.71. The van der Waals surface area contributed by atoms with Gasteiger partial charge < -0.3 is 5.73 Å². The van der Waals surface area contributed by atoms with Crippen molar-refractivity contribution in [2.45, 2.75) is 19.5 Å². The average Bonchev–Trinajstić information content (AvgIpc) is 2.37. The Morgan fingerprint density at radius 2 is 1.89 bits per heavy atom. The van der Waals surface area contributed by atoms with E-state index in [1.807, 2.05) is 13.0 Å². The zero-order valence-electron chi connectivity index (χ0n) is 10.2. The van der Waals surface area contributed by atoms with Crippen molar-refractivity contribution in [3.05, 3.63) is 41.7 Å². The smallest absolute Gasteiger partial charge is 0.384 e. The van der Waals surface area contributed by atoms with Crippen LogP contribution in [0.25, 0.3) is 11.3 Å². The van der Waals surface area contributed by atoms with Crippen molar-refractivity contribution >= 4 is 5.82 Å². The highest BCUT2D eigenvalue weighted by molar-refractivity contribution is 5.62. The van der Waals surface area contributed by atoms with Crippen LogP contribution in [-0.2, 0) is 12.6 Å². The summed E-state index contributed by atoms with van der Waals surface area (Å²) in [5.41, 5.74) is 7.20. The van der Waals surface area contributed by atoms with E-state index in [-0.39, 0.29) is 11.5 Å². The molecule has 0 fully saturated rings. The summed E-state index contributed by atoms with van der Waals surface area (Å²) in [5, 5.41) is 0. The quantitative estimate of drug-likeness (QED) is 0.908. The zero-order valence-corrected chi connectivity index (χ0v) is 10.2. The standard InChI is InChI=1S/C13H12F3N3/c1-2-8-4-3-5-9(6-8)10-7-11(17)19-12(18-10)13(14,15)16/h3-7H,2H2,1H3,(H2,17,18,19). The van der Waals surface area contributed by atoms with Crippen LogP contribution in [0.15, 0.2) is 30.3 Å². The van der Waals surface area contributed by atoms with Crippen LogP contribution in [0.4, 0.5) is 19.0 Å². The van der Waals surface area contributed by atoms with Crippen LogP contribution >= 0.6 is 0 Å². The Labute approximate surface area is 108 Å². The Bertz CT molecular complexity index is 594. The topological polar surface area (TPSA) is 51.8 Å². The number of halogens is 3. The van der Waals surface area contributed by atoms with Crippen molar-refractivity contribution in [2.24, 2.45) is 0 Å². The van der Waals surface area contributed by atoms with Gasteiger partial charge in [0, 0.05) is 11.6 Å². The molecule has 0 amide bonds. The van der Waals surface area contributed by atoms with Crippen LogP contribution in [0.2, 0.25) is 0 Å². The summed E-state index contributed by atoms with van der Waals surface area (Å²) >= 11 is 0. The van der Waals surface area contributed by atoms with Gasteiger partial charge >= 0.3 is 6.18 Å². The lowest BCUT2D eigenvalue weighted by Crippen LogP contribution is -2.13. The number of rotatable bonds is 2. The molecule has 0 atom stereocenters. The first kappa shape index (κ1) is 13.3. The van der Waals surface area contributed by atoms with E-state index < -0.39 is 12.0 Å². The van der Waals surface area contributed by atoms with Crippen LogP contribution in [0.3, 0.4) is 0 Å². The van der Waals surface area contributed by atoms with Gasteiger partial charge in [-0.15, -0.1) is 0 Å². The van der Waals surface area contributed by atoms with Crippen LogP contribution in [0.1, 0.15) is 18.3 Å². The maximum Gasteiger partial charge on any atom is 0.451 e. The third kappa shape index (κ3) is 3.01. The highest BCUT2D eigenvalue weighted by Crippen LogP contribution is 2.29. The molecule has 0 radical (unpaired) electrons. The summed E-state index contributed by atoms with van der Waals surface area (Å²) < 4.78 is 37.9. The van der Waals surface area contributed by atoms with E-state index in [0.717, 1.165) is 12.0 Å². The number of nitrogens with zero attached hydrogens (tertiary/aromatic N) is 2. The fourth-order valence-corrected chi connectivity index (χ4v) is 1.69. The number of aromatic nitrogens is 2. The van der Waals surface area contributed by atoms with Crippen LogP contribution in [0.5, 0.6) is 0 Å². The van der Waals surface area contributed by atoms with Gasteiger partial charge in [0.15, 0.2) is 0 Å².